The van der Waals surface area contributed by atoms with Crippen molar-refractivity contribution in [3.8, 4) is 0 Å². The minimum atomic E-state index is -0.402. The van der Waals surface area contributed by atoms with Gasteiger partial charge in [-0.2, -0.15) is 0 Å². The van der Waals surface area contributed by atoms with Gasteiger partial charge in [-0.15, -0.1) is 6.58 Å². The van der Waals surface area contributed by atoms with Crippen molar-refractivity contribution in [2.24, 2.45) is 5.73 Å². The van der Waals surface area contributed by atoms with Crippen LogP contribution in [-0.2, 0) is 5.54 Å². The third-order valence-corrected chi connectivity index (χ3v) is 1.82. The highest BCUT2D eigenvalue weighted by atomic mass is 14.7. The summed E-state index contributed by atoms with van der Waals surface area (Å²) in [7, 11) is 0. The van der Waals surface area contributed by atoms with Gasteiger partial charge >= 0.3 is 0 Å². The molecule has 0 aliphatic carbocycles. The second-order valence-electron chi connectivity index (χ2n) is 2.85. The number of hydrogen-bond acceptors (Lipinski definition) is 1. The molecule has 11 heavy (non-hydrogen) atoms. The van der Waals surface area contributed by atoms with Gasteiger partial charge in [-0.1, -0.05) is 36.4 Å². The van der Waals surface area contributed by atoms with Crippen LogP contribution in [0.5, 0.6) is 0 Å². The molecule has 0 spiro atoms. The van der Waals surface area contributed by atoms with E-state index in [1.54, 1.807) is 6.08 Å². The highest BCUT2D eigenvalue weighted by Gasteiger charge is 2.14. The van der Waals surface area contributed by atoms with E-state index in [-0.39, 0.29) is 0 Å². The standard InChI is InChI=1S/C10H13N/c1-3-10(2,11)9-7-5-4-6-8-9/h3-8H,1,11H2,2H3/t10-/m0/s1. The van der Waals surface area contributed by atoms with Crippen molar-refractivity contribution < 1.29 is 0 Å². The summed E-state index contributed by atoms with van der Waals surface area (Å²) in [6, 6.07) is 9.93. The summed E-state index contributed by atoms with van der Waals surface area (Å²) in [5, 5.41) is 0. The van der Waals surface area contributed by atoms with Crippen LogP contribution < -0.4 is 5.73 Å². The van der Waals surface area contributed by atoms with Crippen LogP contribution in [-0.4, -0.2) is 0 Å². The van der Waals surface area contributed by atoms with E-state index in [1.165, 1.54) is 0 Å². The summed E-state index contributed by atoms with van der Waals surface area (Å²) in [5.74, 6) is 0. The third kappa shape index (κ3) is 1.69. The molecule has 0 bridgehead atoms. The van der Waals surface area contributed by atoms with Crippen molar-refractivity contribution in [3.63, 3.8) is 0 Å². The van der Waals surface area contributed by atoms with Gasteiger partial charge in [0, 0.05) is 0 Å². The molecule has 0 aliphatic rings. The van der Waals surface area contributed by atoms with Gasteiger partial charge in [0.1, 0.15) is 0 Å². The molecule has 0 heterocycles. The van der Waals surface area contributed by atoms with Crippen LogP contribution in [0.4, 0.5) is 0 Å². The van der Waals surface area contributed by atoms with Crippen LogP contribution in [0.2, 0.25) is 0 Å². The lowest BCUT2D eigenvalue weighted by atomic mass is 9.94. The molecule has 0 fully saturated rings. The van der Waals surface area contributed by atoms with E-state index < -0.39 is 5.54 Å². The zero-order valence-corrected chi connectivity index (χ0v) is 6.75. The van der Waals surface area contributed by atoms with E-state index in [9.17, 15) is 0 Å². The van der Waals surface area contributed by atoms with E-state index in [4.69, 9.17) is 5.73 Å². The average Bonchev–Trinajstić information content (AvgIpc) is 2.06. The molecule has 0 saturated heterocycles. The fourth-order valence-corrected chi connectivity index (χ4v) is 0.915. The Morgan fingerprint density at radius 1 is 1.36 bits per heavy atom. The number of hydrogen-bond donors (Lipinski definition) is 1. The lowest BCUT2D eigenvalue weighted by Crippen LogP contribution is -2.29. The number of nitrogens with two attached hydrogens (primary N) is 1. The Morgan fingerprint density at radius 3 is 2.36 bits per heavy atom. The number of benzene rings is 1. The Bertz CT molecular complexity index is 236. The highest BCUT2D eigenvalue weighted by Crippen LogP contribution is 2.17. The van der Waals surface area contributed by atoms with Crippen LogP contribution in [0.25, 0.3) is 0 Å². The first-order valence-electron chi connectivity index (χ1n) is 3.65. The van der Waals surface area contributed by atoms with Crippen molar-refractivity contribution in [1.29, 1.82) is 0 Å². The van der Waals surface area contributed by atoms with Gasteiger partial charge in [0.2, 0.25) is 0 Å². The normalized spacial score (nSPS) is 15.5. The van der Waals surface area contributed by atoms with Gasteiger partial charge < -0.3 is 5.73 Å². The van der Waals surface area contributed by atoms with Crippen molar-refractivity contribution in [2.45, 2.75) is 12.5 Å². The largest absolute Gasteiger partial charge is 0.318 e. The SMILES string of the molecule is C=C[C@](C)(N)c1ccccc1. The molecule has 0 unspecified atom stereocenters. The molecule has 2 N–H and O–H groups in total. The Hall–Kier alpha value is -1.08. The molecule has 1 aromatic rings. The van der Waals surface area contributed by atoms with E-state index in [0.717, 1.165) is 5.56 Å². The van der Waals surface area contributed by atoms with E-state index >= 15 is 0 Å². The summed E-state index contributed by atoms with van der Waals surface area (Å²) < 4.78 is 0. The summed E-state index contributed by atoms with van der Waals surface area (Å²) in [6.45, 7) is 5.62. The molecular formula is C10H13N. The van der Waals surface area contributed by atoms with Gasteiger partial charge in [-0.3, -0.25) is 0 Å². The molecule has 0 radical (unpaired) electrons. The van der Waals surface area contributed by atoms with Gasteiger partial charge in [-0.25, -0.2) is 0 Å². The minimum absolute atomic E-state index is 0.402. The van der Waals surface area contributed by atoms with Crippen LogP contribution in [0.15, 0.2) is 43.0 Å². The van der Waals surface area contributed by atoms with E-state index in [0.29, 0.717) is 0 Å². The lowest BCUT2D eigenvalue weighted by Gasteiger charge is -2.19. The van der Waals surface area contributed by atoms with Crippen molar-refractivity contribution >= 4 is 0 Å². The first-order valence-corrected chi connectivity index (χ1v) is 3.65. The maximum atomic E-state index is 5.92. The molecule has 1 atom stereocenters. The molecule has 0 amide bonds. The summed E-state index contributed by atoms with van der Waals surface area (Å²) in [4.78, 5) is 0. The van der Waals surface area contributed by atoms with Crippen LogP contribution in [0.3, 0.4) is 0 Å². The van der Waals surface area contributed by atoms with Crippen molar-refractivity contribution in [2.75, 3.05) is 0 Å². The topological polar surface area (TPSA) is 26.0 Å². The molecule has 58 valence electrons. The molecule has 1 aromatic carbocycles. The van der Waals surface area contributed by atoms with Crippen LogP contribution >= 0.6 is 0 Å². The summed E-state index contributed by atoms with van der Waals surface area (Å²) in [6.07, 6.45) is 1.75. The predicted molar refractivity (Wildman–Crippen MR) is 48.2 cm³/mol. The van der Waals surface area contributed by atoms with Gasteiger partial charge in [-0.05, 0) is 12.5 Å². The Kier molecular flexibility index (Phi) is 2.11. The quantitative estimate of drug-likeness (QED) is 0.636. The molecule has 0 aliphatic heterocycles. The lowest BCUT2D eigenvalue weighted by molar-refractivity contribution is 0.632. The summed E-state index contributed by atoms with van der Waals surface area (Å²) in [5.41, 5.74) is 6.61. The molecule has 1 rings (SSSR count). The molecule has 1 heteroatoms. The number of rotatable bonds is 2. The van der Waals surface area contributed by atoms with Crippen LogP contribution in [0, 0.1) is 0 Å². The summed E-state index contributed by atoms with van der Waals surface area (Å²) >= 11 is 0. The first kappa shape index (κ1) is 8.02. The smallest absolute Gasteiger partial charge is 0.0564 e. The van der Waals surface area contributed by atoms with Crippen LogP contribution in [0.1, 0.15) is 12.5 Å². The molecule has 0 saturated carbocycles. The zero-order chi connectivity index (χ0) is 8.32. The average molecular weight is 147 g/mol. The molecular weight excluding hydrogens is 134 g/mol. The van der Waals surface area contributed by atoms with E-state index in [2.05, 4.69) is 6.58 Å². The van der Waals surface area contributed by atoms with E-state index in [1.807, 2.05) is 37.3 Å². The predicted octanol–water partition coefficient (Wildman–Crippen LogP) is 2.05. The highest BCUT2D eigenvalue weighted by molar-refractivity contribution is 5.26. The monoisotopic (exact) mass is 147 g/mol. The molecule has 1 nitrogen and oxygen atoms in total. The second-order valence-corrected chi connectivity index (χ2v) is 2.85. The zero-order valence-electron chi connectivity index (χ0n) is 6.75. The maximum absolute atomic E-state index is 5.92. The Balaban J connectivity index is 3.02. The van der Waals surface area contributed by atoms with Gasteiger partial charge in [0.05, 0.1) is 5.54 Å². The molecule has 0 aromatic heterocycles. The first-order chi connectivity index (χ1) is 5.17. The minimum Gasteiger partial charge on any atom is -0.318 e. The van der Waals surface area contributed by atoms with Gasteiger partial charge in [0.25, 0.3) is 0 Å². The second kappa shape index (κ2) is 2.89. The van der Waals surface area contributed by atoms with Crippen molar-refractivity contribution in [1.82, 2.24) is 0 Å². The van der Waals surface area contributed by atoms with Crippen molar-refractivity contribution in [3.05, 3.63) is 48.6 Å². The fourth-order valence-electron chi connectivity index (χ4n) is 0.915. The van der Waals surface area contributed by atoms with Gasteiger partial charge in [0.15, 0.2) is 0 Å². The third-order valence-electron chi connectivity index (χ3n) is 1.82. The Labute approximate surface area is 67.5 Å². The maximum Gasteiger partial charge on any atom is 0.0564 e. The fraction of sp³-hybridized carbons (Fsp3) is 0.200. The Morgan fingerprint density at radius 2 is 1.91 bits per heavy atom.